The van der Waals surface area contributed by atoms with Crippen LogP contribution in [0.3, 0.4) is 0 Å². The molecule has 4 N–H and O–H groups in total. The lowest BCUT2D eigenvalue weighted by Gasteiger charge is -2.20. The molecule has 28 heavy (non-hydrogen) atoms. The number of carbonyl (C=O) groups excluding carboxylic acids is 1. The minimum Gasteiger partial charge on any atom is -0.368 e. The van der Waals surface area contributed by atoms with Crippen molar-refractivity contribution in [3.05, 3.63) is 35.7 Å². The van der Waals surface area contributed by atoms with E-state index in [2.05, 4.69) is 25.6 Å². The first-order valence-corrected chi connectivity index (χ1v) is 9.93. The minimum absolute atomic E-state index is 0.193. The number of hydrogen-bond donors (Lipinski definition) is 3. The third-order valence-electron chi connectivity index (χ3n) is 4.83. The van der Waals surface area contributed by atoms with Crippen molar-refractivity contribution in [1.82, 2.24) is 25.2 Å². The topological polar surface area (TPSA) is 109 Å². The van der Waals surface area contributed by atoms with Crippen LogP contribution in [0.25, 0.3) is 0 Å². The molecule has 0 radical (unpaired) electrons. The van der Waals surface area contributed by atoms with Crippen molar-refractivity contribution in [2.75, 3.05) is 30.7 Å². The quantitative estimate of drug-likeness (QED) is 0.601. The number of amides is 1. The largest absolute Gasteiger partial charge is 0.368 e. The SMILES string of the molecule is Cc1ccccc1Nc1nc(N)nc(CNCCCN2CCCCCC2=O)n1. The predicted octanol–water partition coefficient (Wildman–Crippen LogP) is 2.39. The molecule has 0 aliphatic carbocycles. The maximum Gasteiger partial charge on any atom is 0.232 e. The number of nitrogen functional groups attached to an aromatic ring is 1. The first-order chi connectivity index (χ1) is 13.6. The molecule has 0 atom stereocenters. The van der Waals surface area contributed by atoms with Crippen LogP contribution in [-0.2, 0) is 11.3 Å². The van der Waals surface area contributed by atoms with Gasteiger partial charge in [-0.25, -0.2) is 0 Å². The molecular formula is C20H29N7O. The average molecular weight is 384 g/mol. The van der Waals surface area contributed by atoms with Gasteiger partial charge in [-0.15, -0.1) is 0 Å². The Balaban J connectivity index is 1.47. The molecule has 1 amide bonds. The Morgan fingerprint density at radius 3 is 2.86 bits per heavy atom. The number of nitrogens with zero attached hydrogens (tertiary/aromatic N) is 4. The maximum absolute atomic E-state index is 12.0. The van der Waals surface area contributed by atoms with Crippen LogP contribution in [0.2, 0.25) is 0 Å². The van der Waals surface area contributed by atoms with Crippen LogP contribution in [0.5, 0.6) is 0 Å². The predicted molar refractivity (Wildman–Crippen MR) is 110 cm³/mol. The number of nitrogens with one attached hydrogen (secondary N) is 2. The fourth-order valence-corrected chi connectivity index (χ4v) is 3.28. The lowest BCUT2D eigenvalue weighted by molar-refractivity contribution is -0.130. The summed E-state index contributed by atoms with van der Waals surface area (Å²) in [5, 5.41) is 6.52. The average Bonchev–Trinajstić information content (AvgIpc) is 2.87. The Kier molecular flexibility index (Phi) is 7.13. The second-order valence-electron chi connectivity index (χ2n) is 7.10. The number of para-hydroxylation sites is 1. The molecule has 8 heteroatoms. The highest BCUT2D eigenvalue weighted by molar-refractivity contribution is 5.76. The van der Waals surface area contributed by atoms with Gasteiger partial charge in [-0.05, 0) is 44.4 Å². The van der Waals surface area contributed by atoms with E-state index in [9.17, 15) is 4.79 Å². The number of nitrogens with two attached hydrogens (primary N) is 1. The summed E-state index contributed by atoms with van der Waals surface area (Å²) >= 11 is 0. The molecule has 0 unspecified atom stereocenters. The van der Waals surface area contributed by atoms with E-state index < -0.39 is 0 Å². The van der Waals surface area contributed by atoms with E-state index in [0.717, 1.165) is 56.6 Å². The molecule has 1 aromatic heterocycles. The highest BCUT2D eigenvalue weighted by atomic mass is 16.2. The number of aryl methyl sites for hydroxylation is 1. The van der Waals surface area contributed by atoms with Gasteiger partial charge in [-0.1, -0.05) is 24.6 Å². The molecule has 0 spiro atoms. The van der Waals surface area contributed by atoms with Crippen LogP contribution >= 0.6 is 0 Å². The van der Waals surface area contributed by atoms with Crippen LogP contribution in [-0.4, -0.2) is 45.4 Å². The smallest absolute Gasteiger partial charge is 0.232 e. The number of hydrogen-bond acceptors (Lipinski definition) is 7. The van der Waals surface area contributed by atoms with E-state index in [1.54, 1.807) is 0 Å². The van der Waals surface area contributed by atoms with E-state index in [4.69, 9.17) is 5.73 Å². The normalized spacial score (nSPS) is 14.8. The van der Waals surface area contributed by atoms with Gasteiger partial charge in [0, 0.05) is 25.2 Å². The number of anilines is 3. The summed E-state index contributed by atoms with van der Waals surface area (Å²) < 4.78 is 0. The lowest BCUT2D eigenvalue weighted by Crippen LogP contribution is -2.33. The molecular weight excluding hydrogens is 354 g/mol. The Labute approximate surface area is 166 Å². The van der Waals surface area contributed by atoms with Gasteiger partial charge >= 0.3 is 0 Å². The van der Waals surface area contributed by atoms with E-state index >= 15 is 0 Å². The summed E-state index contributed by atoms with van der Waals surface area (Å²) in [6.07, 6.45) is 4.88. The zero-order valence-electron chi connectivity index (χ0n) is 16.4. The van der Waals surface area contributed by atoms with Gasteiger partial charge < -0.3 is 21.3 Å². The monoisotopic (exact) mass is 383 g/mol. The molecule has 1 aromatic carbocycles. The van der Waals surface area contributed by atoms with Crippen molar-refractivity contribution in [2.24, 2.45) is 0 Å². The van der Waals surface area contributed by atoms with E-state index in [1.165, 1.54) is 0 Å². The number of carbonyl (C=O) groups is 1. The summed E-state index contributed by atoms with van der Waals surface area (Å²) in [6, 6.07) is 7.93. The fourth-order valence-electron chi connectivity index (χ4n) is 3.28. The molecule has 0 bridgehead atoms. The first kappa shape index (κ1) is 20.0. The second-order valence-corrected chi connectivity index (χ2v) is 7.10. The molecule has 1 saturated heterocycles. The minimum atomic E-state index is 0.193. The third-order valence-corrected chi connectivity index (χ3v) is 4.83. The Hall–Kier alpha value is -2.74. The number of benzene rings is 1. The standard InChI is InChI=1S/C20H29N7O/c1-15-8-4-5-9-16(15)23-20-25-17(24-19(21)26-20)14-22-11-7-13-27-12-6-2-3-10-18(27)28/h4-5,8-9,22H,2-3,6-7,10-14H2,1H3,(H3,21,23,24,25,26). The van der Waals surface area contributed by atoms with Gasteiger partial charge in [0.15, 0.2) is 0 Å². The van der Waals surface area contributed by atoms with Crippen LogP contribution in [0.4, 0.5) is 17.6 Å². The molecule has 8 nitrogen and oxygen atoms in total. The van der Waals surface area contributed by atoms with Gasteiger partial charge in [0.25, 0.3) is 0 Å². The van der Waals surface area contributed by atoms with Gasteiger partial charge in [0.1, 0.15) is 5.82 Å². The van der Waals surface area contributed by atoms with Crippen LogP contribution < -0.4 is 16.4 Å². The highest BCUT2D eigenvalue weighted by Gasteiger charge is 2.15. The van der Waals surface area contributed by atoms with Crippen molar-refractivity contribution in [1.29, 1.82) is 0 Å². The molecule has 1 fully saturated rings. The first-order valence-electron chi connectivity index (χ1n) is 9.93. The van der Waals surface area contributed by atoms with Gasteiger partial charge in [-0.2, -0.15) is 15.0 Å². The zero-order chi connectivity index (χ0) is 19.8. The van der Waals surface area contributed by atoms with Crippen molar-refractivity contribution in [2.45, 2.75) is 45.6 Å². The fraction of sp³-hybridized carbons (Fsp3) is 0.500. The zero-order valence-corrected chi connectivity index (χ0v) is 16.4. The summed E-state index contributed by atoms with van der Waals surface area (Å²) in [6.45, 7) is 4.99. The molecule has 2 heterocycles. The molecule has 150 valence electrons. The van der Waals surface area contributed by atoms with E-state index in [1.807, 2.05) is 36.1 Å². The Morgan fingerprint density at radius 2 is 2.00 bits per heavy atom. The Bertz CT molecular complexity index is 796. The molecule has 1 aliphatic rings. The molecule has 1 aliphatic heterocycles. The van der Waals surface area contributed by atoms with Gasteiger partial charge in [0.05, 0.1) is 6.54 Å². The molecule has 0 saturated carbocycles. The van der Waals surface area contributed by atoms with Crippen LogP contribution in [0.15, 0.2) is 24.3 Å². The number of likely N-dealkylation sites (tertiary alicyclic amines) is 1. The summed E-state index contributed by atoms with van der Waals surface area (Å²) in [4.78, 5) is 26.8. The van der Waals surface area contributed by atoms with Crippen LogP contribution in [0.1, 0.15) is 43.5 Å². The summed E-state index contributed by atoms with van der Waals surface area (Å²) in [7, 11) is 0. The second kappa shape index (κ2) is 9.98. The van der Waals surface area contributed by atoms with Gasteiger partial charge in [-0.3, -0.25) is 4.79 Å². The van der Waals surface area contributed by atoms with Crippen molar-refractivity contribution in [3.8, 4) is 0 Å². The van der Waals surface area contributed by atoms with E-state index in [0.29, 0.717) is 24.7 Å². The molecule has 2 aromatic rings. The lowest BCUT2D eigenvalue weighted by atomic mass is 10.2. The van der Waals surface area contributed by atoms with E-state index in [-0.39, 0.29) is 11.9 Å². The van der Waals surface area contributed by atoms with Gasteiger partial charge in [0.2, 0.25) is 17.8 Å². The van der Waals surface area contributed by atoms with Crippen LogP contribution in [0, 0.1) is 6.92 Å². The molecule has 3 rings (SSSR count). The van der Waals surface area contributed by atoms with Crippen molar-refractivity contribution < 1.29 is 4.79 Å². The maximum atomic E-state index is 12.0. The number of rotatable bonds is 8. The third kappa shape index (κ3) is 5.88. The Morgan fingerprint density at radius 1 is 1.14 bits per heavy atom. The highest BCUT2D eigenvalue weighted by Crippen LogP contribution is 2.17. The summed E-state index contributed by atoms with van der Waals surface area (Å²) in [5.41, 5.74) is 7.88. The summed E-state index contributed by atoms with van der Waals surface area (Å²) in [5.74, 6) is 1.51. The number of aromatic nitrogens is 3. The van der Waals surface area contributed by atoms with Crippen molar-refractivity contribution in [3.63, 3.8) is 0 Å². The van der Waals surface area contributed by atoms with Crippen molar-refractivity contribution >= 4 is 23.5 Å².